The van der Waals surface area contributed by atoms with Gasteiger partial charge in [0.05, 0.1) is 11.1 Å². The fraction of sp³-hybridized carbons (Fsp3) is 0.0909. The van der Waals surface area contributed by atoms with E-state index < -0.39 is 0 Å². The van der Waals surface area contributed by atoms with Crippen molar-refractivity contribution in [3.63, 3.8) is 0 Å². The summed E-state index contributed by atoms with van der Waals surface area (Å²) in [6.45, 7) is 1.94. The first-order valence-corrected chi connectivity index (χ1v) is 4.93. The first-order valence-electron chi connectivity index (χ1n) is 4.93. The molecule has 3 rings (SSSR count). The summed E-state index contributed by atoms with van der Waals surface area (Å²) in [5.74, 6) is 0.763. The van der Waals surface area contributed by atoms with Crippen LogP contribution in [-0.2, 0) is 0 Å². The topological polar surface area (TPSA) is 56.5 Å². The van der Waals surface area contributed by atoms with Gasteiger partial charge < -0.3 is 0 Å². The maximum Gasteiger partial charge on any atom is 0.168 e. The zero-order valence-corrected chi connectivity index (χ0v) is 8.70. The van der Waals surface area contributed by atoms with E-state index in [4.69, 9.17) is 0 Å². The van der Waals surface area contributed by atoms with Gasteiger partial charge in [-0.05, 0) is 19.1 Å². The van der Waals surface area contributed by atoms with Crippen LogP contribution in [0.3, 0.4) is 0 Å². The summed E-state index contributed by atoms with van der Waals surface area (Å²) in [6, 6.07) is 5.69. The standard InChI is InChI=1S/C11H9N5/c1-8-9-6-12-7-14-11(9)16(15-8)10-4-2-3-5-13-10/h2-7H,1H3. The van der Waals surface area contributed by atoms with Gasteiger partial charge in [0.2, 0.25) is 0 Å². The second kappa shape index (κ2) is 3.37. The van der Waals surface area contributed by atoms with Gasteiger partial charge >= 0.3 is 0 Å². The molecule has 0 radical (unpaired) electrons. The van der Waals surface area contributed by atoms with E-state index in [0.29, 0.717) is 0 Å². The number of aromatic nitrogens is 5. The minimum absolute atomic E-state index is 0.763. The smallest absolute Gasteiger partial charge is 0.168 e. The third-order valence-electron chi connectivity index (χ3n) is 2.40. The first kappa shape index (κ1) is 8.96. The molecule has 0 amide bonds. The van der Waals surface area contributed by atoms with E-state index in [0.717, 1.165) is 22.5 Å². The SMILES string of the molecule is Cc1nn(-c2ccccn2)c2ncncc12. The van der Waals surface area contributed by atoms with Crippen molar-refractivity contribution in [2.24, 2.45) is 0 Å². The van der Waals surface area contributed by atoms with Crippen molar-refractivity contribution in [2.75, 3.05) is 0 Å². The maximum atomic E-state index is 4.41. The van der Waals surface area contributed by atoms with Gasteiger partial charge in [0.1, 0.15) is 6.33 Å². The number of hydrogen-bond acceptors (Lipinski definition) is 4. The van der Waals surface area contributed by atoms with Crippen LogP contribution in [-0.4, -0.2) is 24.7 Å². The normalized spacial score (nSPS) is 10.8. The molecule has 0 saturated heterocycles. The van der Waals surface area contributed by atoms with Crippen LogP contribution in [0.2, 0.25) is 0 Å². The molecule has 0 bridgehead atoms. The molecule has 0 atom stereocenters. The molecule has 5 heteroatoms. The van der Waals surface area contributed by atoms with Gasteiger partial charge in [-0.25, -0.2) is 15.0 Å². The third kappa shape index (κ3) is 1.25. The Labute approximate surface area is 91.8 Å². The quantitative estimate of drug-likeness (QED) is 0.612. The van der Waals surface area contributed by atoms with Crippen LogP contribution in [0, 0.1) is 6.92 Å². The van der Waals surface area contributed by atoms with Crippen molar-refractivity contribution >= 4 is 11.0 Å². The summed E-state index contributed by atoms with van der Waals surface area (Å²) in [7, 11) is 0. The van der Waals surface area contributed by atoms with E-state index in [1.165, 1.54) is 6.33 Å². The molecule has 3 aromatic heterocycles. The maximum absolute atomic E-state index is 4.41. The fourth-order valence-electron chi connectivity index (χ4n) is 1.64. The highest BCUT2D eigenvalue weighted by molar-refractivity contribution is 5.78. The zero-order chi connectivity index (χ0) is 11.0. The van der Waals surface area contributed by atoms with Crippen molar-refractivity contribution in [2.45, 2.75) is 6.92 Å². The Morgan fingerprint density at radius 3 is 2.94 bits per heavy atom. The van der Waals surface area contributed by atoms with Crippen LogP contribution in [0.4, 0.5) is 0 Å². The Bertz CT molecular complexity index is 629. The van der Waals surface area contributed by atoms with Crippen LogP contribution in [0.15, 0.2) is 36.9 Å². The summed E-state index contributed by atoms with van der Waals surface area (Å²) in [5.41, 5.74) is 1.69. The highest BCUT2D eigenvalue weighted by atomic mass is 15.3. The Kier molecular flexibility index (Phi) is 1.89. The van der Waals surface area contributed by atoms with E-state index in [1.54, 1.807) is 17.1 Å². The lowest BCUT2D eigenvalue weighted by atomic mass is 10.3. The lowest BCUT2D eigenvalue weighted by Crippen LogP contribution is -1.99. The van der Waals surface area contributed by atoms with Crippen molar-refractivity contribution < 1.29 is 0 Å². The molecule has 0 aliphatic carbocycles. The van der Waals surface area contributed by atoms with Gasteiger partial charge in [0.15, 0.2) is 11.5 Å². The van der Waals surface area contributed by atoms with Crippen LogP contribution in [0.1, 0.15) is 5.69 Å². The van der Waals surface area contributed by atoms with Crippen LogP contribution < -0.4 is 0 Å². The summed E-state index contributed by atoms with van der Waals surface area (Å²) in [5, 5.41) is 5.36. The number of aryl methyl sites for hydroxylation is 1. The molecule has 0 N–H and O–H groups in total. The summed E-state index contributed by atoms with van der Waals surface area (Å²) >= 11 is 0. The largest absolute Gasteiger partial charge is 0.244 e. The second-order valence-corrected chi connectivity index (χ2v) is 3.45. The molecular formula is C11H9N5. The molecule has 0 unspecified atom stereocenters. The predicted molar refractivity (Wildman–Crippen MR) is 59.2 cm³/mol. The van der Waals surface area contributed by atoms with Gasteiger partial charge in [-0.1, -0.05) is 6.07 Å². The second-order valence-electron chi connectivity index (χ2n) is 3.45. The monoisotopic (exact) mass is 211 g/mol. The first-order chi connectivity index (χ1) is 7.86. The Hall–Kier alpha value is -2.30. The predicted octanol–water partition coefficient (Wildman–Crippen LogP) is 1.52. The summed E-state index contributed by atoms with van der Waals surface area (Å²) in [6.07, 6.45) is 5.02. The van der Waals surface area contributed by atoms with E-state index in [1.807, 2.05) is 25.1 Å². The molecule has 0 fully saturated rings. The average Bonchev–Trinajstić information content (AvgIpc) is 2.69. The Morgan fingerprint density at radius 2 is 2.12 bits per heavy atom. The van der Waals surface area contributed by atoms with Crippen molar-refractivity contribution in [1.82, 2.24) is 24.7 Å². The molecule has 16 heavy (non-hydrogen) atoms. The molecular weight excluding hydrogens is 202 g/mol. The molecule has 3 aromatic rings. The van der Waals surface area contributed by atoms with Crippen LogP contribution in [0.25, 0.3) is 16.9 Å². The Morgan fingerprint density at radius 1 is 1.19 bits per heavy atom. The number of pyridine rings is 1. The number of hydrogen-bond donors (Lipinski definition) is 0. The number of fused-ring (bicyclic) bond motifs is 1. The fourth-order valence-corrected chi connectivity index (χ4v) is 1.64. The van der Waals surface area contributed by atoms with Crippen molar-refractivity contribution in [3.8, 4) is 5.82 Å². The lowest BCUT2D eigenvalue weighted by Gasteiger charge is -1.99. The third-order valence-corrected chi connectivity index (χ3v) is 2.40. The highest BCUT2D eigenvalue weighted by Gasteiger charge is 2.09. The van der Waals surface area contributed by atoms with Crippen molar-refractivity contribution in [3.05, 3.63) is 42.6 Å². The van der Waals surface area contributed by atoms with E-state index in [9.17, 15) is 0 Å². The Balaban J connectivity index is 2.33. The zero-order valence-electron chi connectivity index (χ0n) is 8.70. The van der Waals surface area contributed by atoms with Crippen LogP contribution in [0.5, 0.6) is 0 Å². The average molecular weight is 211 g/mol. The molecule has 78 valence electrons. The van der Waals surface area contributed by atoms with Gasteiger partial charge in [-0.15, -0.1) is 0 Å². The van der Waals surface area contributed by atoms with Crippen LogP contribution >= 0.6 is 0 Å². The van der Waals surface area contributed by atoms with E-state index in [-0.39, 0.29) is 0 Å². The molecule has 3 heterocycles. The molecule has 0 aliphatic rings. The van der Waals surface area contributed by atoms with Crippen molar-refractivity contribution in [1.29, 1.82) is 0 Å². The highest BCUT2D eigenvalue weighted by Crippen LogP contribution is 2.16. The molecule has 0 spiro atoms. The molecule has 5 nitrogen and oxygen atoms in total. The van der Waals surface area contributed by atoms with E-state index in [2.05, 4.69) is 20.1 Å². The number of rotatable bonds is 1. The van der Waals surface area contributed by atoms with E-state index >= 15 is 0 Å². The van der Waals surface area contributed by atoms with Gasteiger partial charge in [-0.3, -0.25) is 0 Å². The van der Waals surface area contributed by atoms with Gasteiger partial charge in [0.25, 0.3) is 0 Å². The summed E-state index contributed by atoms with van der Waals surface area (Å²) < 4.78 is 1.73. The van der Waals surface area contributed by atoms with Gasteiger partial charge in [0, 0.05) is 12.4 Å². The number of nitrogens with zero attached hydrogens (tertiary/aromatic N) is 5. The lowest BCUT2D eigenvalue weighted by molar-refractivity contribution is 0.846. The molecule has 0 aromatic carbocycles. The summed E-state index contributed by atoms with van der Waals surface area (Å²) in [4.78, 5) is 12.5. The van der Waals surface area contributed by atoms with Gasteiger partial charge in [-0.2, -0.15) is 9.78 Å². The molecule has 0 saturated carbocycles. The molecule has 0 aliphatic heterocycles. The minimum Gasteiger partial charge on any atom is -0.244 e. The minimum atomic E-state index is 0.763.